The van der Waals surface area contributed by atoms with Crippen molar-refractivity contribution in [2.75, 3.05) is 0 Å². The van der Waals surface area contributed by atoms with E-state index in [1.165, 1.54) is 43.6 Å². The largest absolute Gasteiger partial charge is 0.456 e. The predicted molar refractivity (Wildman–Crippen MR) is 295 cm³/mol. The summed E-state index contributed by atoms with van der Waals surface area (Å²) >= 11 is 0. The molecular weight excluding hydrogens is 885 g/mol. The number of benzene rings is 11. The van der Waals surface area contributed by atoms with Crippen LogP contribution in [0, 0.1) is 0 Å². The third kappa shape index (κ3) is 5.27. The van der Waals surface area contributed by atoms with Crippen LogP contribution in [0.4, 0.5) is 0 Å². The first-order valence-electron chi connectivity index (χ1n) is 24.4. The second-order valence-electron chi connectivity index (χ2n) is 19.2. The lowest BCUT2D eigenvalue weighted by atomic mass is 9.98. The molecule has 0 saturated carbocycles. The molecule has 0 N–H and O–H groups in total. The quantitative estimate of drug-likeness (QED) is 0.176. The molecule has 72 heavy (non-hydrogen) atoms. The first-order valence-corrected chi connectivity index (χ1v) is 24.4. The van der Waals surface area contributed by atoms with E-state index in [1.807, 2.05) is 12.1 Å². The summed E-state index contributed by atoms with van der Waals surface area (Å²) in [7, 11) is 0. The fourth-order valence-electron chi connectivity index (χ4n) is 12.0. The van der Waals surface area contributed by atoms with Gasteiger partial charge in [-0.05, 0) is 119 Å². The Hall–Kier alpha value is -9.78. The van der Waals surface area contributed by atoms with Crippen molar-refractivity contribution in [3.8, 4) is 33.6 Å². The zero-order chi connectivity index (χ0) is 46.8. The molecule has 0 unspecified atom stereocenters. The van der Waals surface area contributed by atoms with Gasteiger partial charge in [-0.3, -0.25) is 0 Å². The van der Waals surface area contributed by atoms with Gasteiger partial charge in [-0.15, -0.1) is 0 Å². The van der Waals surface area contributed by atoms with Gasteiger partial charge in [0, 0.05) is 88.1 Å². The monoisotopic (exact) mass is 920 g/mol. The minimum atomic E-state index is 0.805. The molecule has 0 aliphatic rings. The van der Waals surface area contributed by atoms with Gasteiger partial charge in [0.15, 0.2) is 0 Å². The molecule has 0 radical (unpaired) electrons. The number of nitrogens with zero attached hydrogens (tertiary/aromatic N) is 2. The van der Waals surface area contributed by atoms with Crippen molar-refractivity contribution in [2.45, 2.75) is 0 Å². The fourth-order valence-corrected chi connectivity index (χ4v) is 12.0. The van der Waals surface area contributed by atoms with E-state index in [1.54, 1.807) is 0 Å². The molecular formula is C66H36N2O4. The minimum absolute atomic E-state index is 0.805. The topological polar surface area (TPSA) is 62.4 Å². The number of para-hydroxylation sites is 4. The molecule has 0 aliphatic heterocycles. The minimum Gasteiger partial charge on any atom is -0.456 e. The molecule has 6 heterocycles. The van der Waals surface area contributed by atoms with Crippen molar-refractivity contribution in [1.29, 1.82) is 0 Å². The van der Waals surface area contributed by atoms with Gasteiger partial charge in [-0.25, -0.2) is 0 Å². The zero-order valence-corrected chi connectivity index (χ0v) is 38.3. The van der Waals surface area contributed by atoms with Gasteiger partial charge in [-0.1, -0.05) is 109 Å². The summed E-state index contributed by atoms with van der Waals surface area (Å²) < 4.78 is 30.6. The number of furan rings is 4. The maximum atomic E-state index is 6.47. The maximum absolute atomic E-state index is 6.47. The highest BCUT2D eigenvalue weighted by atomic mass is 16.3. The average molecular weight is 921 g/mol. The summed E-state index contributed by atoms with van der Waals surface area (Å²) in [5, 5.41) is 13.5. The Morgan fingerprint density at radius 2 is 0.472 bits per heavy atom. The van der Waals surface area contributed by atoms with Crippen molar-refractivity contribution in [3.63, 3.8) is 0 Å². The summed E-state index contributed by atoms with van der Waals surface area (Å²) in [6.45, 7) is 0. The predicted octanol–water partition coefficient (Wildman–Crippen LogP) is 18.8. The molecule has 6 aromatic heterocycles. The molecule has 17 rings (SSSR count). The van der Waals surface area contributed by atoms with Crippen LogP contribution < -0.4 is 0 Å². The van der Waals surface area contributed by atoms with Gasteiger partial charge in [0.2, 0.25) is 0 Å². The van der Waals surface area contributed by atoms with E-state index in [-0.39, 0.29) is 0 Å². The highest BCUT2D eigenvalue weighted by molar-refractivity contribution is 6.18. The van der Waals surface area contributed by atoms with Gasteiger partial charge >= 0.3 is 0 Å². The molecule has 0 bridgehead atoms. The Kier molecular flexibility index (Phi) is 7.38. The third-order valence-electron chi connectivity index (χ3n) is 15.3. The molecule has 6 heteroatoms. The Bertz CT molecular complexity index is 4740. The van der Waals surface area contributed by atoms with Gasteiger partial charge < -0.3 is 26.8 Å². The zero-order valence-electron chi connectivity index (χ0n) is 38.3. The van der Waals surface area contributed by atoms with Crippen LogP contribution in [0.3, 0.4) is 0 Å². The average Bonchev–Trinajstić information content (AvgIpc) is 4.28. The van der Waals surface area contributed by atoms with Gasteiger partial charge in [0.05, 0.1) is 22.1 Å². The van der Waals surface area contributed by atoms with Crippen LogP contribution in [0.2, 0.25) is 0 Å². The van der Waals surface area contributed by atoms with Crippen LogP contribution in [0.15, 0.2) is 236 Å². The standard InChI is InChI=1S/C66H36N2O4/c1-5-13-55-43(9-1)44-10-2-6-14-56(44)67(55)41-23-27-61-49(31-41)53-33-51-47-29-39(21-25-59(47)69-63(51)35-65(53)71-61)37-17-19-38(20-18-37)40-22-26-60-48(30-40)52-34-54-50-32-42(24-28-62(50)72-66(54)36-64(52)70-60)68-57-15-7-3-11-45(57)46-12-4-8-16-58(46)68/h1-36H. The summed E-state index contributed by atoms with van der Waals surface area (Å²) in [4.78, 5) is 0. The lowest BCUT2D eigenvalue weighted by molar-refractivity contribution is 0.655. The van der Waals surface area contributed by atoms with Crippen molar-refractivity contribution in [1.82, 2.24) is 9.13 Å². The van der Waals surface area contributed by atoms with Crippen LogP contribution >= 0.6 is 0 Å². The van der Waals surface area contributed by atoms with E-state index in [0.29, 0.717) is 0 Å². The summed E-state index contributed by atoms with van der Waals surface area (Å²) in [6.07, 6.45) is 0. The number of rotatable bonds is 4. The lowest BCUT2D eigenvalue weighted by Gasteiger charge is -2.08. The molecule has 0 atom stereocenters. The van der Waals surface area contributed by atoms with E-state index < -0.39 is 0 Å². The van der Waals surface area contributed by atoms with Crippen LogP contribution in [-0.4, -0.2) is 9.13 Å². The number of hydrogen-bond acceptors (Lipinski definition) is 4. The Labute approximate surface area is 408 Å². The lowest BCUT2D eigenvalue weighted by Crippen LogP contribution is -1.93. The summed E-state index contributed by atoms with van der Waals surface area (Å²) in [5.41, 5.74) is 18.0. The molecule has 0 aliphatic carbocycles. The van der Waals surface area contributed by atoms with Crippen molar-refractivity contribution >= 4 is 131 Å². The summed E-state index contributed by atoms with van der Waals surface area (Å²) in [6, 6.07) is 77.9. The van der Waals surface area contributed by atoms with E-state index >= 15 is 0 Å². The molecule has 0 amide bonds. The maximum Gasteiger partial charge on any atom is 0.139 e. The molecule has 0 saturated heterocycles. The normalized spacial score (nSPS) is 12.4. The highest BCUT2D eigenvalue weighted by Crippen LogP contribution is 2.43. The third-order valence-corrected chi connectivity index (χ3v) is 15.3. The number of hydrogen-bond donors (Lipinski definition) is 0. The van der Waals surface area contributed by atoms with E-state index in [0.717, 1.165) is 121 Å². The van der Waals surface area contributed by atoms with Crippen LogP contribution in [0.1, 0.15) is 0 Å². The molecule has 334 valence electrons. The number of fused-ring (bicyclic) bond motifs is 18. The smallest absolute Gasteiger partial charge is 0.139 e. The molecule has 0 spiro atoms. The second kappa shape index (κ2) is 13.9. The van der Waals surface area contributed by atoms with Crippen molar-refractivity contribution in [3.05, 3.63) is 218 Å². The van der Waals surface area contributed by atoms with Crippen molar-refractivity contribution in [2.24, 2.45) is 0 Å². The first-order chi connectivity index (χ1) is 35.6. The van der Waals surface area contributed by atoms with Gasteiger partial charge in [0.25, 0.3) is 0 Å². The van der Waals surface area contributed by atoms with Crippen LogP contribution in [0.25, 0.3) is 165 Å². The summed E-state index contributed by atoms with van der Waals surface area (Å²) in [5.74, 6) is 0. The molecule has 0 fully saturated rings. The van der Waals surface area contributed by atoms with Crippen molar-refractivity contribution < 1.29 is 17.7 Å². The van der Waals surface area contributed by atoms with E-state index in [4.69, 9.17) is 17.7 Å². The second-order valence-corrected chi connectivity index (χ2v) is 19.2. The molecule has 11 aromatic carbocycles. The highest BCUT2D eigenvalue weighted by Gasteiger charge is 2.20. The Morgan fingerprint density at radius 3 is 0.819 bits per heavy atom. The fraction of sp³-hybridized carbons (Fsp3) is 0. The molecule has 6 nitrogen and oxygen atoms in total. The van der Waals surface area contributed by atoms with Gasteiger partial charge in [0.1, 0.15) is 44.7 Å². The van der Waals surface area contributed by atoms with E-state index in [9.17, 15) is 0 Å². The van der Waals surface area contributed by atoms with Crippen LogP contribution in [0.5, 0.6) is 0 Å². The Morgan fingerprint density at radius 1 is 0.194 bits per heavy atom. The molecule has 17 aromatic rings. The first kappa shape index (κ1) is 38.1. The van der Waals surface area contributed by atoms with Crippen LogP contribution in [-0.2, 0) is 0 Å². The Balaban J connectivity index is 0.729. The van der Waals surface area contributed by atoms with Gasteiger partial charge in [-0.2, -0.15) is 0 Å². The van der Waals surface area contributed by atoms with E-state index in [2.05, 4.69) is 215 Å². The number of aromatic nitrogens is 2. The SMILES string of the molecule is c1ccc2c(c1)c1ccccc1n2-c1ccc2oc3cc4oc5ccc(-c6ccc(-c7ccc8oc9cc%10oc%11ccc(-n%12c%13ccccc%13c%13ccccc%13%12)cc%11c%10cc9c8c7)cc6)cc5c4cc3c2c1.